The number of nitrogens with zero attached hydrogens (tertiary/aromatic N) is 2. The molecule has 1 amide bonds. The molecular weight excluding hydrogens is 403 g/mol. The highest BCUT2D eigenvalue weighted by Crippen LogP contribution is 2.21. The van der Waals surface area contributed by atoms with Crippen LogP contribution in [0.1, 0.15) is 40.7 Å². The molecule has 0 bridgehead atoms. The SMILES string of the molecule is O=C(c1cccc(F)c1)N(Cc1ccncc1)Cc1ccc(OCC2CC=CCC2)cc1. The molecular formula is C27H27FN2O2. The molecule has 0 spiro atoms. The Morgan fingerprint density at radius 2 is 1.75 bits per heavy atom. The maximum absolute atomic E-state index is 13.7. The molecule has 164 valence electrons. The second-order valence-electron chi connectivity index (χ2n) is 8.13. The Hall–Kier alpha value is -3.47. The first-order chi connectivity index (χ1) is 15.7. The molecule has 4 rings (SSSR count). The molecule has 4 nitrogen and oxygen atoms in total. The average molecular weight is 431 g/mol. The largest absolute Gasteiger partial charge is 0.493 e. The van der Waals surface area contributed by atoms with Crippen LogP contribution in [0.5, 0.6) is 5.75 Å². The number of carbonyl (C=O) groups excluding carboxylic acids is 1. The van der Waals surface area contributed by atoms with Crippen LogP contribution in [0.25, 0.3) is 0 Å². The molecule has 1 aromatic heterocycles. The fourth-order valence-corrected chi connectivity index (χ4v) is 3.85. The van der Waals surface area contributed by atoms with Crippen LogP contribution in [-0.2, 0) is 13.1 Å². The molecule has 0 fully saturated rings. The number of aromatic nitrogens is 1. The lowest BCUT2D eigenvalue weighted by Crippen LogP contribution is -2.30. The molecule has 3 aromatic rings. The fraction of sp³-hybridized carbons (Fsp3) is 0.259. The lowest BCUT2D eigenvalue weighted by Gasteiger charge is -2.23. The first-order valence-electron chi connectivity index (χ1n) is 11.0. The molecule has 1 heterocycles. The zero-order valence-corrected chi connectivity index (χ0v) is 18.0. The lowest BCUT2D eigenvalue weighted by molar-refractivity contribution is 0.0729. The van der Waals surface area contributed by atoms with E-state index in [-0.39, 0.29) is 5.91 Å². The highest BCUT2D eigenvalue weighted by Gasteiger charge is 2.18. The monoisotopic (exact) mass is 430 g/mol. The van der Waals surface area contributed by atoms with Crippen LogP contribution >= 0.6 is 0 Å². The highest BCUT2D eigenvalue weighted by atomic mass is 19.1. The van der Waals surface area contributed by atoms with E-state index in [9.17, 15) is 9.18 Å². The first-order valence-corrected chi connectivity index (χ1v) is 11.0. The van der Waals surface area contributed by atoms with E-state index in [2.05, 4.69) is 17.1 Å². The first kappa shape index (κ1) is 21.8. The van der Waals surface area contributed by atoms with Crippen LogP contribution in [0.4, 0.5) is 4.39 Å². The second kappa shape index (κ2) is 10.7. The van der Waals surface area contributed by atoms with Gasteiger partial charge < -0.3 is 9.64 Å². The number of hydrogen-bond donors (Lipinski definition) is 0. The molecule has 2 aromatic carbocycles. The van der Waals surface area contributed by atoms with Gasteiger partial charge in [0.15, 0.2) is 0 Å². The topological polar surface area (TPSA) is 42.4 Å². The van der Waals surface area contributed by atoms with E-state index in [1.165, 1.54) is 18.6 Å². The van der Waals surface area contributed by atoms with Crippen molar-refractivity contribution >= 4 is 5.91 Å². The van der Waals surface area contributed by atoms with E-state index in [0.717, 1.165) is 36.3 Å². The standard InChI is InChI=1S/C27H27FN2O2/c28-25-8-4-7-24(17-25)27(31)30(19-22-13-15-29-16-14-22)18-21-9-11-26(12-10-21)32-20-23-5-2-1-3-6-23/h1-2,4,7-17,23H,3,5-6,18-20H2. The van der Waals surface area contributed by atoms with Gasteiger partial charge in [-0.25, -0.2) is 4.39 Å². The predicted octanol–water partition coefficient (Wildman–Crippen LogP) is 5.80. The predicted molar refractivity (Wildman–Crippen MR) is 123 cm³/mol. The summed E-state index contributed by atoms with van der Waals surface area (Å²) < 4.78 is 19.7. The van der Waals surface area contributed by atoms with Crippen molar-refractivity contribution in [2.75, 3.05) is 6.61 Å². The van der Waals surface area contributed by atoms with Crippen LogP contribution in [0.2, 0.25) is 0 Å². The number of amides is 1. The van der Waals surface area contributed by atoms with E-state index in [4.69, 9.17) is 4.74 Å². The van der Waals surface area contributed by atoms with Crippen molar-refractivity contribution in [3.63, 3.8) is 0 Å². The van der Waals surface area contributed by atoms with Gasteiger partial charge in [-0.05, 0) is 78.8 Å². The number of rotatable bonds is 8. The van der Waals surface area contributed by atoms with Crippen molar-refractivity contribution in [3.05, 3.63) is 108 Å². The van der Waals surface area contributed by atoms with E-state index < -0.39 is 5.82 Å². The summed E-state index contributed by atoms with van der Waals surface area (Å²) in [4.78, 5) is 18.9. The second-order valence-corrected chi connectivity index (χ2v) is 8.13. The van der Waals surface area contributed by atoms with Gasteiger partial charge in [0.2, 0.25) is 0 Å². The minimum atomic E-state index is -0.422. The normalized spacial score (nSPS) is 15.3. The molecule has 32 heavy (non-hydrogen) atoms. The van der Waals surface area contributed by atoms with E-state index in [1.54, 1.807) is 29.4 Å². The number of halogens is 1. The summed E-state index contributed by atoms with van der Waals surface area (Å²) in [6.45, 7) is 1.53. The number of hydrogen-bond acceptors (Lipinski definition) is 3. The third-order valence-corrected chi connectivity index (χ3v) is 5.64. The summed E-state index contributed by atoms with van der Waals surface area (Å²) in [5.74, 6) is 0.765. The third kappa shape index (κ3) is 6.03. The molecule has 0 aliphatic heterocycles. The molecule has 5 heteroatoms. The van der Waals surface area contributed by atoms with Gasteiger partial charge in [-0.1, -0.05) is 30.4 Å². The minimum absolute atomic E-state index is 0.216. The van der Waals surface area contributed by atoms with Gasteiger partial charge in [0.25, 0.3) is 5.91 Å². The molecule has 0 radical (unpaired) electrons. The Kier molecular flexibility index (Phi) is 7.28. The molecule has 1 aliphatic rings. The van der Waals surface area contributed by atoms with Gasteiger partial charge in [0.1, 0.15) is 11.6 Å². The zero-order valence-electron chi connectivity index (χ0n) is 18.0. The van der Waals surface area contributed by atoms with Gasteiger partial charge in [-0.15, -0.1) is 0 Å². The minimum Gasteiger partial charge on any atom is -0.493 e. The van der Waals surface area contributed by atoms with E-state index in [1.807, 2.05) is 36.4 Å². The fourth-order valence-electron chi connectivity index (χ4n) is 3.85. The molecule has 0 N–H and O–H groups in total. The third-order valence-electron chi connectivity index (χ3n) is 5.64. The molecule has 1 aliphatic carbocycles. The number of benzene rings is 2. The van der Waals surface area contributed by atoms with Crippen molar-refractivity contribution in [1.29, 1.82) is 0 Å². The van der Waals surface area contributed by atoms with Crippen LogP contribution in [0, 0.1) is 11.7 Å². The van der Waals surface area contributed by atoms with Crippen LogP contribution < -0.4 is 4.74 Å². The van der Waals surface area contributed by atoms with Crippen LogP contribution in [-0.4, -0.2) is 22.4 Å². The van der Waals surface area contributed by atoms with Gasteiger partial charge in [0, 0.05) is 31.0 Å². The summed E-state index contributed by atoms with van der Waals surface area (Å²) in [6, 6.07) is 17.4. The van der Waals surface area contributed by atoms with Crippen molar-refractivity contribution in [2.24, 2.45) is 5.92 Å². The van der Waals surface area contributed by atoms with Gasteiger partial charge in [-0.3, -0.25) is 9.78 Å². The summed E-state index contributed by atoms with van der Waals surface area (Å²) in [7, 11) is 0. The van der Waals surface area contributed by atoms with Crippen molar-refractivity contribution < 1.29 is 13.9 Å². The maximum Gasteiger partial charge on any atom is 0.254 e. The van der Waals surface area contributed by atoms with E-state index in [0.29, 0.717) is 24.6 Å². The van der Waals surface area contributed by atoms with Gasteiger partial charge >= 0.3 is 0 Å². The Bertz CT molecular complexity index is 1050. The summed E-state index contributed by atoms with van der Waals surface area (Å²) in [6.07, 6.45) is 11.2. The summed E-state index contributed by atoms with van der Waals surface area (Å²) in [5.41, 5.74) is 2.28. The Balaban J connectivity index is 1.45. The van der Waals surface area contributed by atoms with Crippen LogP contribution in [0.3, 0.4) is 0 Å². The van der Waals surface area contributed by atoms with E-state index >= 15 is 0 Å². The number of ether oxygens (including phenoxy) is 1. The maximum atomic E-state index is 13.7. The van der Waals surface area contributed by atoms with Gasteiger partial charge in [-0.2, -0.15) is 0 Å². The number of allylic oxidation sites excluding steroid dienone is 2. The van der Waals surface area contributed by atoms with Crippen LogP contribution in [0.15, 0.2) is 85.2 Å². The molecule has 1 unspecified atom stereocenters. The Labute approximate surface area is 188 Å². The Morgan fingerprint density at radius 1 is 1.00 bits per heavy atom. The van der Waals surface area contributed by atoms with Crippen molar-refractivity contribution in [1.82, 2.24) is 9.88 Å². The molecule has 1 atom stereocenters. The quantitative estimate of drug-likeness (QED) is 0.424. The number of carbonyl (C=O) groups is 1. The summed E-state index contributed by atoms with van der Waals surface area (Å²) in [5, 5.41) is 0. The highest BCUT2D eigenvalue weighted by molar-refractivity contribution is 5.94. The Morgan fingerprint density at radius 3 is 2.44 bits per heavy atom. The van der Waals surface area contributed by atoms with Gasteiger partial charge in [0.05, 0.1) is 6.61 Å². The number of pyridine rings is 1. The average Bonchev–Trinajstić information content (AvgIpc) is 2.84. The van der Waals surface area contributed by atoms with Crippen molar-refractivity contribution in [3.8, 4) is 5.75 Å². The summed E-state index contributed by atoms with van der Waals surface area (Å²) >= 11 is 0. The van der Waals surface area contributed by atoms with Crippen molar-refractivity contribution in [2.45, 2.75) is 32.4 Å². The zero-order chi connectivity index (χ0) is 22.2. The molecule has 0 saturated carbocycles. The smallest absolute Gasteiger partial charge is 0.254 e. The molecule has 0 saturated heterocycles. The lowest BCUT2D eigenvalue weighted by atomic mass is 9.95.